The summed E-state index contributed by atoms with van der Waals surface area (Å²) in [7, 11) is 0. The lowest BCUT2D eigenvalue weighted by Crippen LogP contribution is -2.45. The smallest absolute Gasteiger partial charge is 0.255 e. The third-order valence-electron chi connectivity index (χ3n) is 4.57. The van der Waals surface area contributed by atoms with E-state index >= 15 is 0 Å². The summed E-state index contributed by atoms with van der Waals surface area (Å²) >= 11 is 9.49. The van der Waals surface area contributed by atoms with Gasteiger partial charge in [-0.25, -0.2) is 0 Å². The van der Waals surface area contributed by atoms with Crippen LogP contribution in [0.15, 0.2) is 22.7 Å². The van der Waals surface area contributed by atoms with Crippen LogP contribution in [-0.2, 0) is 0 Å². The first-order valence-corrected chi connectivity index (χ1v) is 8.80. The molecule has 0 aromatic heterocycles. The molecule has 1 aromatic carbocycles. The minimum atomic E-state index is 0.0899. The summed E-state index contributed by atoms with van der Waals surface area (Å²) in [6.07, 6.45) is 4.81. The molecule has 2 saturated heterocycles. The van der Waals surface area contributed by atoms with Crippen LogP contribution in [0.5, 0.6) is 0 Å². The van der Waals surface area contributed by atoms with Crippen LogP contribution in [0.2, 0.25) is 5.02 Å². The van der Waals surface area contributed by atoms with E-state index in [1.54, 1.807) is 12.1 Å². The third kappa shape index (κ3) is 3.43. The molecule has 2 heterocycles. The van der Waals surface area contributed by atoms with Gasteiger partial charge in [0.25, 0.3) is 5.91 Å². The van der Waals surface area contributed by atoms with Crippen molar-refractivity contribution >= 4 is 33.4 Å². The zero-order chi connectivity index (χ0) is 14.8. The Balaban J connectivity index is 1.73. The van der Waals surface area contributed by atoms with Gasteiger partial charge in [0.1, 0.15) is 0 Å². The Morgan fingerprint density at radius 3 is 2.95 bits per heavy atom. The van der Waals surface area contributed by atoms with Crippen LogP contribution >= 0.6 is 27.5 Å². The van der Waals surface area contributed by atoms with E-state index in [-0.39, 0.29) is 5.91 Å². The average molecular weight is 372 g/mol. The van der Waals surface area contributed by atoms with Gasteiger partial charge in [-0.3, -0.25) is 4.79 Å². The third-order valence-corrected chi connectivity index (χ3v) is 5.50. The Morgan fingerprint density at radius 1 is 1.33 bits per heavy atom. The maximum absolute atomic E-state index is 12.8. The van der Waals surface area contributed by atoms with Gasteiger partial charge in [-0.1, -0.05) is 11.6 Å². The number of nitrogens with zero attached hydrogens (tertiary/aromatic N) is 1. The van der Waals surface area contributed by atoms with Gasteiger partial charge in [0, 0.05) is 28.6 Å². The molecule has 1 aromatic rings. The van der Waals surface area contributed by atoms with E-state index in [4.69, 9.17) is 11.6 Å². The molecular formula is C16H20BrClN2O. The van der Waals surface area contributed by atoms with Crippen LogP contribution in [0.4, 0.5) is 0 Å². The molecule has 0 saturated carbocycles. The predicted octanol–water partition coefficient (Wildman–Crippen LogP) is 3.71. The molecule has 3 rings (SSSR count). The Kier molecular flexibility index (Phi) is 4.87. The summed E-state index contributed by atoms with van der Waals surface area (Å²) in [5, 5.41) is 4.18. The lowest BCUT2D eigenvalue weighted by molar-refractivity contribution is 0.0650. The first-order chi connectivity index (χ1) is 10.1. The maximum atomic E-state index is 12.8. The Hall–Kier alpha value is -0.580. The molecule has 5 heteroatoms. The van der Waals surface area contributed by atoms with Crippen molar-refractivity contribution in [2.45, 2.75) is 31.7 Å². The van der Waals surface area contributed by atoms with E-state index in [0.717, 1.165) is 30.5 Å². The van der Waals surface area contributed by atoms with E-state index < -0.39 is 0 Å². The largest absolute Gasteiger partial charge is 0.338 e. The maximum Gasteiger partial charge on any atom is 0.255 e. The van der Waals surface area contributed by atoms with Crippen molar-refractivity contribution in [1.29, 1.82) is 0 Å². The fourth-order valence-electron chi connectivity index (χ4n) is 3.47. The molecule has 0 radical (unpaired) electrons. The molecule has 1 amide bonds. The molecule has 114 valence electrons. The van der Waals surface area contributed by atoms with Crippen LogP contribution in [-0.4, -0.2) is 36.5 Å². The summed E-state index contributed by atoms with van der Waals surface area (Å²) in [5.74, 6) is 0.676. The molecule has 0 bridgehead atoms. The topological polar surface area (TPSA) is 32.3 Å². The van der Waals surface area contributed by atoms with Crippen LogP contribution in [0.1, 0.15) is 36.0 Å². The number of carbonyl (C=O) groups excluding carboxylic acids is 1. The van der Waals surface area contributed by atoms with Crippen molar-refractivity contribution in [3.8, 4) is 0 Å². The highest BCUT2D eigenvalue weighted by Gasteiger charge is 2.31. The molecule has 2 atom stereocenters. The molecule has 21 heavy (non-hydrogen) atoms. The van der Waals surface area contributed by atoms with Crippen molar-refractivity contribution in [3.05, 3.63) is 33.3 Å². The average Bonchev–Trinajstić information content (AvgIpc) is 3.03. The summed E-state index contributed by atoms with van der Waals surface area (Å²) in [5.41, 5.74) is 0.669. The predicted molar refractivity (Wildman–Crippen MR) is 88.8 cm³/mol. The number of amides is 1. The number of halogens is 2. The number of piperidine rings is 1. The van der Waals surface area contributed by atoms with Gasteiger partial charge in [-0.05, 0) is 72.3 Å². The SMILES string of the molecule is O=C(c1cc(Cl)ccc1Br)N1CCCC(C2CCCN2)C1. The normalized spacial score (nSPS) is 26.1. The Morgan fingerprint density at radius 2 is 2.19 bits per heavy atom. The van der Waals surface area contributed by atoms with Gasteiger partial charge in [-0.2, -0.15) is 0 Å². The number of hydrogen-bond acceptors (Lipinski definition) is 2. The molecular weight excluding hydrogens is 352 g/mol. The van der Waals surface area contributed by atoms with Gasteiger partial charge in [0.2, 0.25) is 0 Å². The molecule has 3 nitrogen and oxygen atoms in total. The van der Waals surface area contributed by atoms with Crippen LogP contribution < -0.4 is 5.32 Å². The molecule has 0 spiro atoms. The molecule has 2 fully saturated rings. The Labute approximate surface area is 139 Å². The number of benzene rings is 1. The summed E-state index contributed by atoms with van der Waals surface area (Å²) in [6.45, 7) is 2.82. The fraction of sp³-hybridized carbons (Fsp3) is 0.562. The standard InChI is InChI=1S/C16H20BrClN2O/c17-14-6-5-12(18)9-13(14)16(21)20-8-2-3-11(10-20)15-4-1-7-19-15/h5-6,9,11,15,19H,1-4,7-8,10H2. The molecule has 0 aliphatic carbocycles. The summed E-state index contributed by atoms with van der Waals surface area (Å²) in [4.78, 5) is 14.7. The summed E-state index contributed by atoms with van der Waals surface area (Å²) < 4.78 is 0.818. The monoisotopic (exact) mass is 370 g/mol. The number of nitrogens with one attached hydrogen (secondary N) is 1. The lowest BCUT2D eigenvalue weighted by Gasteiger charge is -2.36. The van der Waals surface area contributed by atoms with Crippen LogP contribution in [0, 0.1) is 5.92 Å². The summed E-state index contributed by atoms with van der Waals surface area (Å²) in [6, 6.07) is 5.98. The van der Waals surface area contributed by atoms with Gasteiger partial charge in [0.05, 0.1) is 5.56 Å². The van der Waals surface area contributed by atoms with Crippen molar-refractivity contribution in [1.82, 2.24) is 10.2 Å². The van der Waals surface area contributed by atoms with Crippen molar-refractivity contribution in [2.75, 3.05) is 19.6 Å². The second kappa shape index (κ2) is 6.67. The second-order valence-corrected chi connectivity index (χ2v) is 7.27. The quantitative estimate of drug-likeness (QED) is 0.859. The number of carbonyl (C=O) groups is 1. The van der Waals surface area contributed by atoms with E-state index in [0.29, 0.717) is 22.5 Å². The van der Waals surface area contributed by atoms with E-state index in [2.05, 4.69) is 21.2 Å². The van der Waals surface area contributed by atoms with Gasteiger partial charge in [-0.15, -0.1) is 0 Å². The van der Waals surface area contributed by atoms with E-state index in [1.165, 1.54) is 19.3 Å². The van der Waals surface area contributed by atoms with Crippen molar-refractivity contribution in [3.63, 3.8) is 0 Å². The molecule has 2 unspecified atom stereocenters. The second-order valence-electron chi connectivity index (χ2n) is 5.98. The minimum absolute atomic E-state index is 0.0899. The van der Waals surface area contributed by atoms with Crippen molar-refractivity contribution in [2.24, 2.45) is 5.92 Å². The highest BCUT2D eigenvalue weighted by molar-refractivity contribution is 9.10. The van der Waals surface area contributed by atoms with E-state index in [1.807, 2.05) is 11.0 Å². The minimum Gasteiger partial charge on any atom is -0.338 e. The highest BCUT2D eigenvalue weighted by Crippen LogP contribution is 2.28. The first-order valence-electron chi connectivity index (χ1n) is 7.63. The Bertz CT molecular complexity index is 531. The molecule has 2 aliphatic heterocycles. The van der Waals surface area contributed by atoms with Crippen molar-refractivity contribution < 1.29 is 4.79 Å². The highest BCUT2D eigenvalue weighted by atomic mass is 79.9. The van der Waals surface area contributed by atoms with E-state index in [9.17, 15) is 4.79 Å². The zero-order valence-electron chi connectivity index (χ0n) is 11.9. The fourth-order valence-corrected chi connectivity index (χ4v) is 4.06. The number of likely N-dealkylation sites (tertiary alicyclic amines) is 1. The van der Waals surface area contributed by atoms with Crippen LogP contribution in [0.3, 0.4) is 0 Å². The van der Waals surface area contributed by atoms with Crippen LogP contribution in [0.25, 0.3) is 0 Å². The molecule has 2 aliphatic rings. The van der Waals surface area contributed by atoms with Gasteiger partial charge < -0.3 is 10.2 Å². The van der Waals surface area contributed by atoms with Gasteiger partial charge >= 0.3 is 0 Å². The zero-order valence-corrected chi connectivity index (χ0v) is 14.3. The lowest BCUT2D eigenvalue weighted by atomic mass is 9.89. The first kappa shape index (κ1) is 15.3. The molecule has 1 N–H and O–H groups in total. The van der Waals surface area contributed by atoms with Gasteiger partial charge in [0.15, 0.2) is 0 Å². The number of rotatable bonds is 2. The number of hydrogen-bond donors (Lipinski definition) is 1.